The second-order valence-corrected chi connectivity index (χ2v) is 10.0. The molecule has 1 aliphatic carbocycles. The second kappa shape index (κ2) is 7.67. The van der Waals surface area contributed by atoms with Gasteiger partial charge in [0.1, 0.15) is 11.3 Å². The van der Waals surface area contributed by atoms with Crippen molar-refractivity contribution in [2.45, 2.75) is 23.7 Å². The first-order valence-corrected chi connectivity index (χ1v) is 12.2. The number of fused-ring (bicyclic) bond motifs is 2. The predicted octanol–water partition coefficient (Wildman–Crippen LogP) is 3.31. The van der Waals surface area contributed by atoms with E-state index in [4.69, 9.17) is 4.52 Å². The van der Waals surface area contributed by atoms with E-state index < -0.39 is 21.7 Å². The Balaban J connectivity index is 1.45. The van der Waals surface area contributed by atoms with E-state index in [9.17, 15) is 17.6 Å². The Morgan fingerprint density at radius 3 is 2.74 bits per heavy atom. The highest BCUT2D eigenvalue weighted by atomic mass is 32.2. The number of benzene rings is 2. The zero-order valence-corrected chi connectivity index (χ0v) is 19.1. The SMILES string of the molecule is Cn1nnc2cc(S(=O)(=O)NC(=O)c3cc(-c4ccccc4F)nc4onc(C5CC5)c34)ccc21. The molecule has 1 fully saturated rings. The number of carbonyl (C=O) groups is 1. The van der Waals surface area contributed by atoms with E-state index in [0.29, 0.717) is 22.1 Å². The zero-order valence-electron chi connectivity index (χ0n) is 18.3. The number of halogens is 1. The van der Waals surface area contributed by atoms with Crippen molar-refractivity contribution in [3.8, 4) is 11.3 Å². The number of nitrogens with one attached hydrogen (secondary N) is 1. The summed E-state index contributed by atoms with van der Waals surface area (Å²) in [6, 6.07) is 11.6. The smallest absolute Gasteiger partial charge is 0.265 e. The van der Waals surface area contributed by atoms with Crippen LogP contribution in [0.1, 0.15) is 34.8 Å². The molecule has 12 heteroatoms. The highest BCUT2D eigenvalue weighted by Crippen LogP contribution is 2.43. The minimum Gasteiger partial charge on any atom is -0.335 e. The third kappa shape index (κ3) is 3.62. The molecule has 0 aliphatic heterocycles. The van der Waals surface area contributed by atoms with Crippen LogP contribution in [0, 0.1) is 5.82 Å². The van der Waals surface area contributed by atoms with Gasteiger partial charge in [-0.3, -0.25) is 4.79 Å². The highest BCUT2D eigenvalue weighted by molar-refractivity contribution is 7.90. The first-order chi connectivity index (χ1) is 16.8. The van der Waals surface area contributed by atoms with E-state index in [1.807, 2.05) is 0 Å². The van der Waals surface area contributed by atoms with Gasteiger partial charge in [0.2, 0.25) is 0 Å². The van der Waals surface area contributed by atoms with Crippen molar-refractivity contribution in [3.05, 3.63) is 65.6 Å². The quantitative estimate of drug-likeness (QED) is 0.395. The Hall–Kier alpha value is -4.19. The summed E-state index contributed by atoms with van der Waals surface area (Å²) < 4.78 is 49.6. The molecule has 1 amide bonds. The minimum absolute atomic E-state index is 0.0134. The van der Waals surface area contributed by atoms with Gasteiger partial charge in [-0.2, -0.15) is 0 Å². The first-order valence-electron chi connectivity index (χ1n) is 10.7. The molecule has 176 valence electrons. The summed E-state index contributed by atoms with van der Waals surface area (Å²) in [7, 11) is -2.58. The number of nitrogens with zero attached hydrogens (tertiary/aromatic N) is 5. The lowest BCUT2D eigenvalue weighted by Crippen LogP contribution is -2.31. The van der Waals surface area contributed by atoms with E-state index in [1.54, 1.807) is 19.2 Å². The number of aryl methyl sites for hydroxylation is 1. The fourth-order valence-corrected chi connectivity index (χ4v) is 5.00. The zero-order chi connectivity index (χ0) is 24.3. The molecule has 3 heterocycles. The fraction of sp³-hybridized carbons (Fsp3) is 0.174. The topological polar surface area (TPSA) is 133 Å². The summed E-state index contributed by atoms with van der Waals surface area (Å²) >= 11 is 0. The van der Waals surface area contributed by atoms with Crippen molar-refractivity contribution in [1.29, 1.82) is 0 Å². The van der Waals surface area contributed by atoms with Crippen molar-refractivity contribution in [2.24, 2.45) is 7.05 Å². The molecule has 1 N–H and O–H groups in total. The van der Waals surface area contributed by atoms with Crippen LogP contribution in [0.4, 0.5) is 4.39 Å². The van der Waals surface area contributed by atoms with Crippen molar-refractivity contribution >= 4 is 38.1 Å². The number of sulfonamides is 1. The molecule has 3 aromatic heterocycles. The van der Waals surface area contributed by atoms with Crippen LogP contribution in [0.3, 0.4) is 0 Å². The second-order valence-electron chi connectivity index (χ2n) is 8.36. The van der Waals surface area contributed by atoms with Gasteiger partial charge in [-0.1, -0.05) is 22.5 Å². The number of hydrogen-bond donors (Lipinski definition) is 1. The molecule has 2 aromatic carbocycles. The number of carbonyl (C=O) groups excluding carboxylic acids is 1. The maximum Gasteiger partial charge on any atom is 0.265 e. The van der Waals surface area contributed by atoms with Gasteiger partial charge in [-0.15, -0.1) is 5.10 Å². The molecule has 0 spiro atoms. The molecule has 35 heavy (non-hydrogen) atoms. The standard InChI is InChI=1S/C23H17FN6O4S/c1-30-19-9-8-13(10-18(19)26-29-30)35(32,33)28-22(31)15-11-17(14-4-2-3-5-16(14)24)25-23-20(15)21(27-34-23)12-6-7-12/h2-5,8-12H,6-7H2,1H3,(H,28,31). The summed E-state index contributed by atoms with van der Waals surface area (Å²) in [5, 5.41) is 12.2. The Labute approximate surface area is 197 Å². The molecule has 10 nitrogen and oxygen atoms in total. The third-order valence-electron chi connectivity index (χ3n) is 5.95. The summed E-state index contributed by atoms with van der Waals surface area (Å²) in [6.45, 7) is 0. The van der Waals surface area contributed by atoms with Gasteiger partial charge in [0.25, 0.3) is 21.6 Å². The Morgan fingerprint density at radius 2 is 1.97 bits per heavy atom. The molecule has 0 bridgehead atoms. The first kappa shape index (κ1) is 21.4. The Kier molecular flexibility index (Phi) is 4.68. The highest BCUT2D eigenvalue weighted by Gasteiger charge is 2.33. The monoisotopic (exact) mass is 492 g/mol. The lowest BCUT2D eigenvalue weighted by Gasteiger charge is -2.10. The normalized spacial score (nSPS) is 14.0. The molecule has 0 unspecified atom stereocenters. The van der Waals surface area contributed by atoms with E-state index in [-0.39, 0.29) is 33.3 Å². The van der Waals surface area contributed by atoms with Crippen molar-refractivity contribution in [2.75, 3.05) is 0 Å². The fourth-order valence-electron chi connectivity index (χ4n) is 4.02. The van der Waals surface area contributed by atoms with E-state index in [0.717, 1.165) is 12.8 Å². The molecule has 0 atom stereocenters. The average molecular weight is 492 g/mol. The van der Waals surface area contributed by atoms with Gasteiger partial charge in [0.15, 0.2) is 0 Å². The molecular formula is C23H17FN6O4S. The van der Waals surface area contributed by atoms with Gasteiger partial charge in [-0.05, 0) is 49.2 Å². The van der Waals surface area contributed by atoms with Gasteiger partial charge in [0, 0.05) is 18.5 Å². The van der Waals surface area contributed by atoms with Gasteiger partial charge >= 0.3 is 0 Å². The van der Waals surface area contributed by atoms with Crippen LogP contribution in [0.2, 0.25) is 0 Å². The van der Waals surface area contributed by atoms with Crippen LogP contribution in [0.15, 0.2) is 57.9 Å². The molecule has 1 aliphatic rings. The number of amides is 1. The van der Waals surface area contributed by atoms with Crippen LogP contribution in [-0.4, -0.2) is 39.5 Å². The van der Waals surface area contributed by atoms with Crippen molar-refractivity contribution in [3.63, 3.8) is 0 Å². The van der Waals surface area contributed by atoms with E-state index in [1.165, 1.54) is 41.1 Å². The minimum atomic E-state index is -4.27. The lowest BCUT2D eigenvalue weighted by molar-refractivity contribution is 0.0983. The maximum atomic E-state index is 14.5. The molecule has 0 radical (unpaired) electrons. The van der Waals surface area contributed by atoms with Crippen LogP contribution in [0.5, 0.6) is 0 Å². The van der Waals surface area contributed by atoms with Crippen LogP contribution in [-0.2, 0) is 17.1 Å². The summed E-state index contributed by atoms with van der Waals surface area (Å²) in [4.78, 5) is 17.6. The number of pyridine rings is 1. The summed E-state index contributed by atoms with van der Waals surface area (Å²) in [6.07, 6.45) is 1.74. The molecular weight excluding hydrogens is 475 g/mol. The molecule has 6 rings (SSSR count). The van der Waals surface area contributed by atoms with Gasteiger partial charge in [-0.25, -0.2) is 27.2 Å². The van der Waals surface area contributed by atoms with Crippen molar-refractivity contribution in [1.82, 2.24) is 29.9 Å². The molecule has 1 saturated carbocycles. The predicted molar refractivity (Wildman–Crippen MR) is 122 cm³/mol. The van der Waals surface area contributed by atoms with Crippen LogP contribution in [0.25, 0.3) is 33.4 Å². The van der Waals surface area contributed by atoms with Gasteiger partial charge in [0.05, 0.1) is 32.7 Å². The number of hydrogen-bond acceptors (Lipinski definition) is 8. The van der Waals surface area contributed by atoms with Crippen molar-refractivity contribution < 1.29 is 22.1 Å². The Bertz CT molecular complexity index is 1760. The van der Waals surface area contributed by atoms with Crippen LogP contribution >= 0.6 is 0 Å². The summed E-state index contributed by atoms with van der Waals surface area (Å²) in [5.74, 6) is -1.35. The molecule has 0 saturated heterocycles. The summed E-state index contributed by atoms with van der Waals surface area (Å²) in [5.41, 5.74) is 1.83. The lowest BCUT2D eigenvalue weighted by atomic mass is 10.0. The average Bonchev–Trinajstić information content (AvgIpc) is 3.49. The van der Waals surface area contributed by atoms with Crippen LogP contribution < -0.4 is 4.72 Å². The largest absolute Gasteiger partial charge is 0.335 e. The number of aromatic nitrogens is 5. The Morgan fingerprint density at radius 1 is 1.17 bits per heavy atom. The van der Waals surface area contributed by atoms with E-state index in [2.05, 4.69) is 25.2 Å². The van der Waals surface area contributed by atoms with E-state index >= 15 is 0 Å². The number of rotatable bonds is 5. The maximum absolute atomic E-state index is 14.5. The van der Waals surface area contributed by atoms with Gasteiger partial charge < -0.3 is 4.52 Å². The molecule has 5 aromatic rings. The third-order valence-corrected chi connectivity index (χ3v) is 7.28.